The van der Waals surface area contributed by atoms with E-state index in [1.165, 1.54) is 5.56 Å². The highest BCUT2D eigenvalue weighted by atomic mass is 15.2. The van der Waals surface area contributed by atoms with Crippen molar-refractivity contribution in [2.24, 2.45) is 0 Å². The monoisotopic (exact) mass is 189 g/mol. The Hall–Kier alpha value is -1.91. The van der Waals surface area contributed by atoms with E-state index in [-0.39, 0.29) is 0 Å². The predicted molar refractivity (Wildman–Crippen MR) is 52.8 cm³/mol. The highest BCUT2D eigenvalue weighted by Crippen LogP contribution is 1.99. The van der Waals surface area contributed by atoms with Gasteiger partial charge >= 0.3 is 0 Å². The van der Waals surface area contributed by atoms with E-state index in [0.717, 1.165) is 18.8 Å². The van der Waals surface area contributed by atoms with Crippen LogP contribution in [0.3, 0.4) is 0 Å². The molecule has 0 aromatic carbocycles. The molecule has 0 unspecified atom stereocenters. The van der Waals surface area contributed by atoms with Crippen molar-refractivity contribution in [1.29, 1.82) is 0 Å². The molecule has 0 aliphatic rings. The topological polar surface area (TPSA) is 66.5 Å². The predicted octanol–water partition coefficient (Wildman–Crippen LogP) is 0.854. The molecule has 2 aromatic rings. The minimum absolute atomic E-state index is 0.802. The van der Waals surface area contributed by atoms with Crippen molar-refractivity contribution >= 4 is 5.82 Å². The lowest BCUT2D eigenvalue weighted by molar-refractivity contribution is 0.967. The molecular weight excluding hydrogens is 178 g/mol. The lowest BCUT2D eigenvalue weighted by Crippen LogP contribution is -2.05. The zero-order chi connectivity index (χ0) is 9.64. The highest BCUT2D eigenvalue weighted by Gasteiger charge is 1.94. The fourth-order valence-corrected chi connectivity index (χ4v) is 1.15. The Morgan fingerprint density at radius 1 is 1.43 bits per heavy atom. The third kappa shape index (κ3) is 2.29. The molecule has 2 N–H and O–H groups in total. The Morgan fingerprint density at radius 3 is 3.14 bits per heavy atom. The van der Waals surface area contributed by atoms with Crippen LogP contribution in [0.5, 0.6) is 0 Å². The van der Waals surface area contributed by atoms with E-state index in [1.54, 1.807) is 6.20 Å². The first-order valence-electron chi connectivity index (χ1n) is 4.44. The molecule has 0 aliphatic heterocycles. The van der Waals surface area contributed by atoms with Gasteiger partial charge in [0.15, 0.2) is 0 Å². The Morgan fingerprint density at radius 2 is 2.43 bits per heavy atom. The third-order valence-corrected chi connectivity index (χ3v) is 1.85. The number of H-pyrrole nitrogens is 1. The van der Waals surface area contributed by atoms with Crippen LogP contribution in [0.1, 0.15) is 5.56 Å². The number of nitrogens with one attached hydrogen (secondary N) is 2. The lowest BCUT2D eigenvalue weighted by Gasteiger charge is -2.01. The second kappa shape index (κ2) is 4.36. The van der Waals surface area contributed by atoms with E-state index in [4.69, 9.17) is 0 Å². The largest absolute Gasteiger partial charge is 0.368 e. The molecule has 0 saturated heterocycles. The summed E-state index contributed by atoms with van der Waals surface area (Å²) in [5.74, 6) is 0.802. The normalized spacial score (nSPS) is 10.0. The molecule has 2 rings (SSSR count). The molecular formula is C9H11N5. The van der Waals surface area contributed by atoms with Crippen LogP contribution in [0.2, 0.25) is 0 Å². The molecule has 0 saturated carbocycles. The van der Waals surface area contributed by atoms with E-state index in [9.17, 15) is 0 Å². The second-order valence-electron chi connectivity index (χ2n) is 2.89. The number of nitrogens with zero attached hydrogens (tertiary/aromatic N) is 3. The summed E-state index contributed by atoms with van der Waals surface area (Å²) in [5.41, 5.74) is 1.18. The molecule has 14 heavy (non-hydrogen) atoms. The minimum Gasteiger partial charge on any atom is -0.368 e. The molecule has 0 amide bonds. The van der Waals surface area contributed by atoms with Crippen molar-refractivity contribution < 1.29 is 0 Å². The van der Waals surface area contributed by atoms with Gasteiger partial charge in [-0.25, -0.2) is 0 Å². The zero-order valence-corrected chi connectivity index (χ0v) is 7.64. The van der Waals surface area contributed by atoms with Crippen LogP contribution < -0.4 is 5.32 Å². The summed E-state index contributed by atoms with van der Waals surface area (Å²) in [4.78, 5) is 0. The smallest absolute Gasteiger partial charge is 0.148 e. The number of anilines is 1. The average molecular weight is 189 g/mol. The summed E-state index contributed by atoms with van der Waals surface area (Å²) in [6.45, 7) is 0.832. The van der Waals surface area contributed by atoms with Crippen LogP contribution in [0.25, 0.3) is 0 Å². The first-order valence-corrected chi connectivity index (χ1v) is 4.44. The van der Waals surface area contributed by atoms with Crippen LogP contribution >= 0.6 is 0 Å². The van der Waals surface area contributed by atoms with Gasteiger partial charge in [0.25, 0.3) is 0 Å². The number of aromatic nitrogens is 4. The van der Waals surface area contributed by atoms with Gasteiger partial charge < -0.3 is 5.32 Å². The van der Waals surface area contributed by atoms with Crippen LogP contribution in [0.15, 0.2) is 30.7 Å². The fourth-order valence-electron chi connectivity index (χ4n) is 1.15. The molecule has 5 nitrogen and oxygen atoms in total. The number of aromatic amines is 1. The average Bonchev–Trinajstić information content (AvgIpc) is 2.72. The standard InChI is InChI=1S/C9H11N5/c1-2-9(14-11-4-1)10-5-3-8-6-12-13-7-8/h1-2,4,6-7H,3,5H2,(H,10,14)(H,12,13). The van der Waals surface area contributed by atoms with Gasteiger partial charge in [-0.05, 0) is 24.1 Å². The Labute approximate surface area is 81.6 Å². The van der Waals surface area contributed by atoms with Crippen molar-refractivity contribution in [3.63, 3.8) is 0 Å². The maximum Gasteiger partial charge on any atom is 0.148 e. The van der Waals surface area contributed by atoms with Crippen molar-refractivity contribution in [3.05, 3.63) is 36.3 Å². The van der Waals surface area contributed by atoms with Gasteiger partial charge in [0.2, 0.25) is 0 Å². The van der Waals surface area contributed by atoms with Crippen molar-refractivity contribution in [2.45, 2.75) is 6.42 Å². The SMILES string of the molecule is c1cnnc(NCCc2cn[nH]c2)c1. The number of hydrogen-bond acceptors (Lipinski definition) is 4. The van der Waals surface area contributed by atoms with Crippen molar-refractivity contribution in [3.8, 4) is 0 Å². The van der Waals surface area contributed by atoms with E-state index in [0.29, 0.717) is 0 Å². The summed E-state index contributed by atoms with van der Waals surface area (Å²) >= 11 is 0. The summed E-state index contributed by atoms with van der Waals surface area (Å²) in [5, 5.41) is 17.5. The quantitative estimate of drug-likeness (QED) is 0.748. The molecule has 0 atom stereocenters. The van der Waals surface area contributed by atoms with E-state index < -0.39 is 0 Å². The Bertz CT molecular complexity index is 356. The first kappa shape index (κ1) is 8.68. The minimum atomic E-state index is 0.802. The summed E-state index contributed by atoms with van der Waals surface area (Å²) in [6.07, 6.45) is 6.28. The fraction of sp³-hybridized carbons (Fsp3) is 0.222. The van der Waals surface area contributed by atoms with Gasteiger partial charge in [-0.1, -0.05) is 0 Å². The molecule has 0 fully saturated rings. The zero-order valence-electron chi connectivity index (χ0n) is 7.64. The van der Waals surface area contributed by atoms with Crippen molar-refractivity contribution in [2.75, 3.05) is 11.9 Å². The van der Waals surface area contributed by atoms with E-state index in [2.05, 4.69) is 25.7 Å². The maximum atomic E-state index is 3.91. The van der Waals surface area contributed by atoms with Crippen LogP contribution in [0, 0.1) is 0 Å². The van der Waals surface area contributed by atoms with Crippen LogP contribution in [-0.4, -0.2) is 26.9 Å². The lowest BCUT2D eigenvalue weighted by atomic mass is 10.2. The molecule has 0 aliphatic carbocycles. The molecule has 0 bridgehead atoms. The molecule has 2 aromatic heterocycles. The molecule has 0 radical (unpaired) electrons. The maximum absolute atomic E-state index is 3.91. The molecule has 2 heterocycles. The van der Waals surface area contributed by atoms with E-state index in [1.807, 2.05) is 24.5 Å². The number of rotatable bonds is 4. The molecule has 0 spiro atoms. The van der Waals surface area contributed by atoms with Gasteiger partial charge in [0.05, 0.1) is 6.20 Å². The number of hydrogen-bond donors (Lipinski definition) is 2. The molecule has 5 heteroatoms. The van der Waals surface area contributed by atoms with Crippen molar-refractivity contribution in [1.82, 2.24) is 20.4 Å². The summed E-state index contributed by atoms with van der Waals surface area (Å²) < 4.78 is 0. The third-order valence-electron chi connectivity index (χ3n) is 1.85. The summed E-state index contributed by atoms with van der Waals surface area (Å²) in [7, 11) is 0. The van der Waals surface area contributed by atoms with Crippen LogP contribution in [0.4, 0.5) is 5.82 Å². The van der Waals surface area contributed by atoms with Crippen LogP contribution in [-0.2, 0) is 6.42 Å². The Balaban J connectivity index is 1.79. The summed E-state index contributed by atoms with van der Waals surface area (Å²) in [6, 6.07) is 3.75. The van der Waals surface area contributed by atoms with Gasteiger partial charge in [-0.3, -0.25) is 5.10 Å². The van der Waals surface area contributed by atoms with E-state index >= 15 is 0 Å². The highest BCUT2D eigenvalue weighted by molar-refractivity contribution is 5.31. The first-order chi connectivity index (χ1) is 6.95. The Kier molecular flexibility index (Phi) is 2.70. The van der Waals surface area contributed by atoms with Gasteiger partial charge in [-0.15, -0.1) is 5.10 Å². The van der Waals surface area contributed by atoms with Gasteiger partial charge in [-0.2, -0.15) is 10.2 Å². The second-order valence-corrected chi connectivity index (χ2v) is 2.89. The molecule has 72 valence electrons. The van der Waals surface area contributed by atoms with Gasteiger partial charge in [0, 0.05) is 18.9 Å². The van der Waals surface area contributed by atoms with Gasteiger partial charge in [0.1, 0.15) is 5.82 Å².